The van der Waals surface area contributed by atoms with Crippen LogP contribution >= 0.6 is 11.6 Å². The maximum Gasteiger partial charge on any atom is 0.372 e. The topological polar surface area (TPSA) is 59.7 Å². The van der Waals surface area contributed by atoms with Gasteiger partial charge in [0.25, 0.3) is 0 Å². The highest BCUT2D eigenvalue weighted by Crippen LogP contribution is 2.22. The molecule has 0 fully saturated rings. The van der Waals surface area contributed by atoms with Gasteiger partial charge in [-0.15, -0.1) is 0 Å². The van der Waals surface area contributed by atoms with E-state index in [0.717, 1.165) is 6.07 Å². The van der Waals surface area contributed by atoms with Crippen LogP contribution in [0.1, 0.15) is 21.9 Å². The van der Waals surface area contributed by atoms with Crippen molar-refractivity contribution in [2.75, 3.05) is 0 Å². The second-order valence-electron chi connectivity index (χ2n) is 3.89. The van der Waals surface area contributed by atoms with Crippen molar-refractivity contribution in [2.45, 2.75) is 13.5 Å². The number of rotatable bonds is 4. The Kier molecular flexibility index (Phi) is 3.76. The summed E-state index contributed by atoms with van der Waals surface area (Å²) in [5, 5.41) is 8.84. The molecule has 0 saturated heterocycles. The molecule has 1 aromatic heterocycles. The number of aryl methyl sites for hydroxylation is 1. The van der Waals surface area contributed by atoms with Crippen LogP contribution in [0, 0.1) is 12.7 Å². The molecular formula is C13H10ClFO4. The summed E-state index contributed by atoms with van der Waals surface area (Å²) in [5.74, 6) is -1.21. The Labute approximate surface area is 113 Å². The number of furan rings is 1. The standard InChI is InChI=1S/C13H10ClFO4/c1-7-4-9(19-12(7)13(16)17)6-18-8-2-3-10(14)11(15)5-8/h2-5H,6H2,1H3,(H,16,17). The molecule has 0 aliphatic carbocycles. The third-order valence-corrected chi connectivity index (χ3v) is 2.74. The zero-order valence-electron chi connectivity index (χ0n) is 9.94. The largest absolute Gasteiger partial charge is 0.486 e. The summed E-state index contributed by atoms with van der Waals surface area (Å²) in [7, 11) is 0. The summed E-state index contributed by atoms with van der Waals surface area (Å²) in [4.78, 5) is 10.8. The number of aromatic carboxylic acids is 1. The minimum atomic E-state index is -1.14. The van der Waals surface area contributed by atoms with Gasteiger partial charge >= 0.3 is 5.97 Å². The van der Waals surface area contributed by atoms with Crippen LogP contribution in [0.4, 0.5) is 4.39 Å². The van der Waals surface area contributed by atoms with Crippen molar-refractivity contribution in [3.8, 4) is 5.75 Å². The third-order valence-electron chi connectivity index (χ3n) is 2.44. The normalized spacial score (nSPS) is 10.5. The first-order chi connectivity index (χ1) is 8.97. The molecule has 0 amide bonds. The fraction of sp³-hybridized carbons (Fsp3) is 0.154. The van der Waals surface area contributed by atoms with Gasteiger partial charge in [0, 0.05) is 11.6 Å². The van der Waals surface area contributed by atoms with Gasteiger partial charge in [-0.1, -0.05) is 11.6 Å². The van der Waals surface area contributed by atoms with Gasteiger partial charge in [-0.25, -0.2) is 9.18 Å². The molecule has 4 nitrogen and oxygen atoms in total. The van der Waals surface area contributed by atoms with E-state index in [2.05, 4.69) is 0 Å². The summed E-state index contributed by atoms with van der Waals surface area (Å²) < 4.78 is 23.6. The first-order valence-electron chi connectivity index (χ1n) is 5.38. The van der Waals surface area contributed by atoms with E-state index in [1.54, 1.807) is 13.0 Å². The predicted octanol–water partition coefficient (Wildman–Crippen LogP) is 3.66. The van der Waals surface area contributed by atoms with Gasteiger partial charge in [0.15, 0.2) is 0 Å². The zero-order chi connectivity index (χ0) is 14.0. The first kappa shape index (κ1) is 13.4. The summed E-state index contributed by atoms with van der Waals surface area (Å²) in [6.45, 7) is 1.63. The zero-order valence-corrected chi connectivity index (χ0v) is 10.7. The molecule has 1 aromatic carbocycles. The second kappa shape index (κ2) is 5.32. The molecule has 0 bridgehead atoms. The van der Waals surface area contributed by atoms with Gasteiger partial charge in [0.1, 0.15) is 23.9 Å². The molecule has 2 rings (SSSR count). The molecule has 19 heavy (non-hydrogen) atoms. The molecule has 0 spiro atoms. The molecule has 0 saturated carbocycles. The molecule has 0 unspecified atom stereocenters. The highest BCUT2D eigenvalue weighted by molar-refractivity contribution is 6.30. The highest BCUT2D eigenvalue weighted by atomic mass is 35.5. The molecule has 0 atom stereocenters. The number of ether oxygens (including phenoxy) is 1. The Morgan fingerprint density at radius 2 is 2.21 bits per heavy atom. The van der Waals surface area contributed by atoms with Gasteiger partial charge < -0.3 is 14.3 Å². The van der Waals surface area contributed by atoms with Crippen molar-refractivity contribution in [1.82, 2.24) is 0 Å². The van der Waals surface area contributed by atoms with E-state index >= 15 is 0 Å². The molecule has 6 heteroatoms. The number of carbonyl (C=O) groups is 1. The van der Waals surface area contributed by atoms with Gasteiger partial charge in [-0.2, -0.15) is 0 Å². The van der Waals surface area contributed by atoms with E-state index in [1.807, 2.05) is 0 Å². The molecule has 100 valence electrons. The van der Waals surface area contributed by atoms with Crippen LogP contribution < -0.4 is 4.74 Å². The average molecular weight is 285 g/mol. The first-order valence-corrected chi connectivity index (χ1v) is 5.75. The van der Waals surface area contributed by atoms with Crippen LogP contribution in [0.5, 0.6) is 5.75 Å². The molecule has 1 heterocycles. The summed E-state index contributed by atoms with van der Waals surface area (Å²) in [6.07, 6.45) is 0. The van der Waals surface area contributed by atoms with E-state index in [9.17, 15) is 9.18 Å². The van der Waals surface area contributed by atoms with Crippen molar-refractivity contribution in [3.05, 3.63) is 52.2 Å². The highest BCUT2D eigenvalue weighted by Gasteiger charge is 2.14. The van der Waals surface area contributed by atoms with Crippen molar-refractivity contribution in [1.29, 1.82) is 0 Å². The number of carboxylic acid groups (broad SMARTS) is 1. The average Bonchev–Trinajstić information content (AvgIpc) is 2.72. The molecule has 0 aliphatic heterocycles. The Bertz CT molecular complexity index is 621. The molecule has 0 aliphatic rings. The molecule has 1 N–H and O–H groups in total. The van der Waals surface area contributed by atoms with Crippen LogP contribution in [0.3, 0.4) is 0 Å². The SMILES string of the molecule is Cc1cc(COc2ccc(Cl)c(F)c2)oc1C(=O)O. The predicted molar refractivity (Wildman–Crippen MR) is 66.1 cm³/mol. The Hall–Kier alpha value is -2.01. The maximum atomic E-state index is 13.2. The van der Waals surface area contributed by atoms with Crippen LogP contribution in [0.15, 0.2) is 28.7 Å². The number of hydrogen-bond acceptors (Lipinski definition) is 3. The summed E-state index contributed by atoms with van der Waals surface area (Å²) in [6, 6.07) is 5.60. The van der Waals surface area contributed by atoms with E-state index in [-0.39, 0.29) is 23.1 Å². The van der Waals surface area contributed by atoms with E-state index in [1.165, 1.54) is 12.1 Å². The number of carboxylic acids is 1. The minimum absolute atomic E-state index is 0.00866. The number of benzene rings is 1. The lowest BCUT2D eigenvalue weighted by Gasteiger charge is -2.04. The van der Waals surface area contributed by atoms with Crippen molar-refractivity contribution in [2.24, 2.45) is 0 Å². The lowest BCUT2D eigenvalue weighted by atomic mass is 10.2. The number of halogens is 2. The fourth-order valence-electron chi connectivity index (χ4n) is 1.55. The van der Waals surface area contributed by atoms with Gasteiger partial charge in [0.2, 0.25) is 5.76 Å². The monoisotopic (exact) mass is 284 g/mol. The lowest BCUT2D eigenvalue weighted by molar-refractivity contribution is 0.0657. The molecular weight excluding hydrogens is 275 g/mol. The number of hydrogen-bond donors (Lipinski definition) is 1. The fourth-order valence-corrected chi connectivity index (χ4v) is 1.67. The smallest absolute Gasteiger partial charge is 0.372 e. The molecule has 2 aromatic rings. The lowest BCUT2D eigenvalue weighted by Crippen LogP contribution is -1.96. The van der Waals surface area contributed by atoms with Crippen LogP contribution in [-0.2, 0) is 6.61 Å². The van der Waals surface area contributed by atoms with E-state index in [4.69, 9.17) is 25.9 Å². The van der Waals surface area contributed by atoms with Crippen LogP contribution in [0.25, 0.3) is 0 Å². The van der Waals surface area contributed by atoms with Crippen molar-refractivity contribution in [3.63, 3.8) is 0 Å². The third kappa shape index (κ3) is 3.06. The molecule has 0 radical (unpaired) electrons. The van der Waals surface area contributed by atoms with Crippen LogP contribution in [-0.4, -0.2) is 11.1 Å². The van der Waals surface area contributed by atoms with Gasteiger partial charge in [-0.05, 0) is 25.1 Å². The van der Waals surface area contributed by atoms with E-state index in [0.29, 0.717) is 11.3 Å². The Balaban J connectivity index is 2.08. The Morgan fingerprint density at radius 1 is 1.47 bits per heavy atom. The quantitative estimate of drug-likeness (QED) is 0.931. The maximum absolute atomic E-state index is 13.2. The van der Waals surface area contributed by atoms with Crippen molar-refractivity contribution < 1.29 is 23.4 Å². The van der Waals surface area contributed by atoms with E-state index < -0.39 is 11.8 Å². The second-order valence-corrected chi connectivity index (χ2v) is 4.30. The minimum Gasteiger partial charge on any atom is -0.486 e. The van der Waals surface area contributed by atoms with Crippen LogP contribution in [0.2, 0.25) is 5.02 Å². The summed E-state index contributed by atoms with van der Waals surface area (Å²) in [5.41, 5.74) is 0.508. The van der Waals surface area contributed by atoms with Crippen molar-refractivity contribution >= 4 is 17.6 Å². The Morgan fingerprint density at radius 3 is 2.79 bits per heavy atom. The van der Waals surface area contributed by atoms with Gasteiger partial charge in [0.05, 0.1) is 5.02 Å². The summed E-state index contributed by atoms with van der Waals surface area (Å²) >= 11 is 5.54. The van der Waals surface area contributed by atoms with Gasteiger partial charge in [-0.3, -0.25) is 0 Å².